The quantitative estimate of drug-likeness (QED) is 0.194. The first-order valence-electron chi connectivity index (χ1n) is 18.6. The van der Waals surface area contributed by atoms with Crippen LogP contribution in [0.1, 0.15) is 70.4 Å². The Balaban J connectivity index is 1.11. The summed E-state index contributed by atoms with van der Waals surface area (Å²) in [7, 11) is 0. The molecule has 57 heavy (non-hydrogen) atoms. The van der Waals surface area contributed by atoms with E-state index in [1.54, 1.807) is 4.57 Å². The van der Waals surface area contributed by atoms with Crippen molar-refractivity contribution in [1.82, 2.24) is 29.0 Å². The molecule has 17 heteroatoms. The number of pyridine rings is 1. The number of amides is 2. The molecule has 0 aliphatic carbocycles. The van der Waals surface area contributed by atoms with Crippen molar-refractivity contribution in [3.8, 4) is 5.75 Å². The van der Waals surface area contributed by atoms with E-state index in [2.05, 4.69) is 15.4 Å². The highest BCUT2D eigenvalue weighted by Gasteiger charge is 2.41. The van der Waals surface area contributed by atoms with Gasteiger partial charge in [0.25, 0.3) is 11.5 Å². The van der Waals surface area contributed by atoms with Gasteiger partial charge in [-0.2, -0.15) is 22.7 Å². The number of aromatic nitrogens is 5. The summed E-state index contributed by atoms with van der Waals surface area (Å²) in [6.07, 6.45) is -0.694. The SMILES string of the molecule is Cc1cc(C(F)(F)F)ccc1NC(=O)[C@H]1C[C@@H](C)c2c(N3CCN(C(=O)c4nccc(F)c4OCc4ccccc4)CC3)c(=O)n3nc(C4=CCOCC4)nc3n21. The molecular formula is C40H38F4N8O5. The third kappa shape index (κ3) is 7.22. The minimum absolute atomic E-state index is 0.0330. The van der Waals surface area contributed by atoms with E-state index >= 15 is 4.39 Å². The number of hydrogen-bond donors (Lipinski definition) is 1. The molecule has 0 bridgehead atoms. The molecule has 2 aromatic carbocycles. The second kappa shape index (κ2) is 15.1. The molecule has 6 heterocycles. The largest absolute Gasteiger partial charge is 0.483 e. The smallest absolute Gasteiger partial charge is 0.416 e. The van der Waals surface area contributed by atoms with E-state index in [4.69, 9.17) is 14.5 Å². The lowest BCUT2D eigenvalue weighted by Gasteiger charge is -2.36. The average molecular weight is 787 g/mol. The zero-order valence-electron chi connectivity index (χ0n) is 31.1. The van der Waals surface area contributed by atoms with Crippen molar-refractivity contribution in [2.45, 2.75) is 51.4 Å². The molecule has 2 amide bonds. The topological polar surface area (TPSA) is 136 Å². The molecule has 1 N–H and O–H groups in total. The normalized spacial score (nSPS) is 18.4. The lowest BCUT2D eigenvalue weighted by molar-refractivity contribution is -0.137. The Kier molecular flexibility index (Phi) is 10.0. The van der Waals surface area contributed by atoms with Gasteiger partial charge in [0.05, 0.1) is 24.5 Å². The van der Waals surface area contributed by atoms with Crippen molar-refractivity contribution in [3.63, 3.8) is 0 Å². The summed E-state index contributed by atoms with van der Waals surface area (Å²) < 4.78 is 69.3. The van der Waals surface area contributed by atoms with Crippen molar-refractivity contribution < 1.29 is 36.6 Å². The third-order valence-corrected chi connectivity index (χ3v) is 10.6. The molecule has 0 saturated carbocycles. The van der Waals surface area contributed by atoms with Crippen LogP contribution in [-0.4, -0.2) is 80.3 Å². The van der Waals surface area contributed by atoms with Crippen molar-refractivity contribution >= 4 is 34.5 Å². The number of aryl methyl sites for hydroxylation is 1. The molecular weight excluding hydrogens is 748 g/mol. The standard InChI is InChI=1S/C40H38F4N8O5/c1-23-20-27(40(42,43)44)8-9-29(23)46-36(53)30-21-24(2)32-33(38(55)52-39(51(30)32)47-35(48-52)26-11-18-56-19-12-26)49-14-16-50(17-15-49)37(54)31-34(28(41)10-13-45-31)57-22-25-6-4-3-5-7-25/h3-11,13,20,24,30H,12,14-19,21-22H2,1-2H3,(H,46,53)/t24-,30-/m1/s1. The van der Waals surface area contributed by atoms with Gasteiger partial charge in [0, 0.05) is 44.0 Å². The summed E-state index contributed by atoms with van der Waals surface area (Å²) in [6.45, 7) is 4.97. The highest BCUT2D eigenvalue weighted by Crippen LogP contribution is 2.42. The number of benzene rings is 2. The van der Waals surface area contributed by atoms with Crippen LogP contribution in [0, 0.1) is 12.7 Å². The van der Waals surface area contributed by atoms with Crippen molar-refractivity contribution in [3.05, 3.63) is 117 Å². The number of piperazine rings is 1. The summed E-state index contributed by atoms with van der Waals surface area (Å²) in [5.74, 6) is -1.83. The lowest BCUT2D eigenvalue weighted by Crippen LogP contribution is -2.51. The van der Waals surface area contributed by atoms with Crippen LogP contribution in [0.3, 0.4) is 0 Å². The van der Waals surface area contributed by atoms with Crippen molar-refractivity contribution in [1.29, 1.82) is 0 Å². The number of alkyl halides is 3. The second-order valence-electron chi connectivity index (χ2n) is 14.3. The molecule has 8 rings (SSSR count). The Morgan fingerprint density at radius 2 is 1.82 bits per heavy atom. The number of nitrogens with one attached hydrogen (secondary N) is 1. The molecule has 3 aromatic heterocycles. The molecule has 1 saturated heterocycles. The Bertz CT molecular complexity index is 2460. The lowest BCUT2D eigenvalue weighted by atomic mass is 10.0. The molecule has 2 atom stereocenters. The Hall–Kier alpha value is -6.10. The average Bonchev–Trinajstić information content (AvgIpc) is 3.81. The van der Waals surface area contributed by atoms with Crippen LogP contribution in [0.2, 0.25) is 0 Å². The van der Waals surface area contributed by atoms with Crippen LogP contribution >= 0.6 is 0 Å². The van der Waals surface area contributed by atoms with E-state index in [1.807, 2.05) is 48.2 Å². The number of fused-ring (bicyclic) bond motifs is 3. The highest BCUT2D eigenvalue weighted by atomic mass is 19.4. The number of hydrogen-bond acceptors (Lipinski definition) is 9. The van der Waals surface area contributed by atoms with E-state index in [0.29, 0.717) is 36.8 Å². The number of carbonyl (C=O) groups excluding carboxylic acids is 2. The number of nitrogens with zero attached hydrogens (tertiary/aromatic N) is 7. The van der Waals surface area contributed by atoms with Crippen LogP contribution in [0.15, 0.2) is 71.7 Å². The van der Waals surface area contributed by atoms with E-state index in [1.165, 1.54) is 28.6 Å². The van der Waals surface area contributed by atoms with Crippen molar-refractivity contribution in [2.75, 3.05) is 49.6 Å². The summed E-state index contributed by atoms with van der Waals surface area (Å²) in [6, 6.07) is 12.5. The third-order valence-electron chi connectivity index (χ3n) is 10.6. The maximum absolute atomic E-state index is 15.0. The molecule has 0 radical (unpaired) electrons. The van der Waals surface area contributed by atoms with Gasteiger partial charge in [-0.3, -0.25) is 19.0 Å². The summed E-state index contributed by atoms with van der Waals surface area (Å²) >= 11 is 0. The van der Waals surface area contributed by atoms with Crippen molar-refractivity contribution in [2.24, 2.45) is 0 Å². The van der Waals surface area contributed by atoms with Gasteiger partial charge in [-0.15, -0.1) is 5.10 Å². The number of ether oxygens (including phenoxy) is 2. The van der Waals surface area contributed by atoms with Gasteiger partial charge >= 0.3 is 6.18 Å². The Labute approximate surface area is 323 Å². The van der Waals surface area contributed by atoms with Gasteiger partial charge in [0.15, 0.2) is 23.1 Å². The van der Waals surface area contributed by atoms with Gasteiger partial charge in [-0.05, 0) is 60.7 Å². The van der Waals surface area contributed by atoms with E-state index in [9.17, 15) is 27.6 Å². The first kappa shape index (κ1) is 37.8. The maximum Gasteiger partial charge on any atom is 0.416 e. The molecule has 3 aliphatic rings. The minimum atomic E-state index is -4.54. The molecule has 13 nitrogen and oxygen atoms in total. The van der Waals surface area contributed by atoms with Crippen LogP contribution in [0.25, 0.3) is 11.4 Å². The molecule has 5 aromatic rings. The highest BCUT2D eigenvalue weighted by molar-refractivity contribution is 5.96. The second-order valence-corrected chi connectivity index (χ2v) is 14.3. The van der Waals surface area contributed by atoms with Gasteiger partial charge < -0.3 is 24.6 Å². The van der Waals surface area contributed by atoms with E-state index in [-0.39, 0.29) is 73.6 Å². The molecule has 3 aliphatic heterocycles. The fourth-order valence-corrected chi connectivity index (χ4v) is 7.67. The van der Waals surface area contributed by atoms with E-state index < -0.39 is 41.0 Å². The molecule has 0 spiro atoms. The Morgan fingerprint density at radius 1 is 1.05 bits per heavy atom. The Morgan fingerprint density at radius 3 is 2.53 bits per heavy atom. The van der Waals surface area contributed by atoms with Crippen LogP contribution in [0.5, 0.6) is 5.75 Å². The zero-order valence-corrected chi connectivity index (χ0v) is 31.1. The molecule has 1 fully saturated rings. The number of halogens is 4. The summed E-state index contributed by atoms with van der Waals surface area (Å²) in [4.78, 5) is 54.7. The van der Waals surface area contributed by atoms with Crippen LogP contribution < -0.4 is 20.5 Å². The van der Waals surface area contributed by atoms with E-state index in [0.717, 1.165) is 29.3 Å². The maximum atomic E-state index is 15.0. The van der Waals surface area contributed by atoms with Crippen LogP contribution in [0.4, 0.5) is 28.9 Å². The number of anilines is 2. The fraction of sp³-hybridized carbons (Fsp3) is 0.350. The molecule has 296 valence electrons. The monoisotopic (exact) mass is 786 g/mol. The first-order chi connectivity index (χ1) is 27.4. The summed E-state index contributed by atoms with van der Waals surface area (Å²) in [5.41, 5.74) is 1.46. The van der Waals surface area contributed by atoms with Gasteiger partial charge in [-0.25, -0.2) is 9.37 Å². The van der Waals surface area contributed by atoms with Gasteiger partial charge in [-0.1, -0.05) is 43.3 Å². The molecule has 0 unspecified atom stereocenters. The first-order valence-corrected chi connectivity index (χ1v) is 18.6. The summed E-state index contributed by atoms with van der Waals surface area (Å²) in [5, 5.41) is 7.43. The zero-order chi connectivity index (χ0) is 40.0. The number of rotatable bonds is 8. The van der Waals surface area contributed by atoms with Gasteiger partial charge in [0.2, 0.25) is 11.7 Å². The fourth-order valence-electron chi connectivity index (χ4n) is 7.67. The minimum Gasteiger partial charge on any atom is -0.483 e. The van der Waals surface area contributed by atoms with Gasteiger partial charge in [0.1, 0.15) is 18.3 Å². The number of carbonyl (C=O) groups is 2. The van der Waals surface area contributed by atoms with Crippen LogP contribution in [-0.2, 0) is 22.3 Å². The predicted molar refractivity (Wildman–Crippen MR) is 201 cm³/mol. The predicted octanol–water partition coefficient (Wildman–Crippen LogP) is 5.78.